The zero-order valence-electron chi connectivity index (χ0n) is 15.3. The summed E-state index contributed by atoms with van der Waals surface area (Å²) in [5.41, 5.74) is 3.98. The number of pyridine rings is 1. The Balaban J connectivity index is 1.51. The number of carbonyl (C=O) groups excluding carboxylic acids is 1. The molecule has 0 amide bonds. The van der Waals surface area contributed by atoms with Gasteiger partial charge in [0, 0.05) is 23.8 Å². The monoisotopic (exact) mass is 358 g/mol. The van der Waals surface area contributed by atoms with Gasteiger partial charge < -0.3 is 9.47 Å². The minimum Gasteiger partial charge on any atom is -0.497 e. The molecular formula is C23H20NO3+. The van der Waals surface area contributed by atoms with E-state index < -0.39 is 0 Å². The van der Waals surface area contributed by atoms with Crippen LogP contribution in [0.2, 0.25) is 0 Å². The molecule has 0 N–H and O–H groups in total. The molecule has 2 heterocycles. The van der Waals surface area contributed by atoms with Gasteiger partial charge in [-0.2, -0.15) is 0 Å². The van der Waals surface area contributed by atoms with Crippen LogP contribution in [0.1, 0.15) is 27.0 Å². The summed E-state index contributed by atoms with van der Waals surface area (Å²) in [5.74, 6) is 1.43. The summed E-state index contributed by atoms with van der Waals surface area (Å²) < 4.78 is 13.0. The smallest absolute Gasteiger partial charge is 0.231 e. The molecule has 0 fully saturated rings. The highest BCUT2D eigenvalue weighted by Crippen LogP contribution is 2.34. The standard InChI is InChI=1S/C23H20NO3/c1-16-3-5-18(6-4-16)15-24-11-9-17(10-12-24)13-22-23(25)20-8-7-19(26-2)14-21(20)27-22/h3-14H,15H2,1-2H3/q+1/b22-13-. The number of rotatable bonds is 4. The van der Waals surface area contributed by atoms with Crippen molar-refractivity contribution in [3.63, 3.8) is 0 Å². The number of aryl methyl sites for hydroxylation is 1. The molecule has 0 bridgehead atoms. The largest absolute Gasteiger partial charge is 0.497 e. The molecule has 1 aromatic heterocycles. The molecule has 0 aliphatic carbocycles. The lowest BCUT2D eigenvalue weighted by Crippen LogP contribution is -2.33. The Morgan fingerprint density at radius 2 is 1.78 bits per heavy atom. The minimum atomic E-state index is -0.107. The summed E-state index contributed by atoms with van der Waals surface area (Å²) in [5, 5.41) is 0. The molecule has 27 heavy (non-hydrogen) atoms. The SMILES string of the molecule is COc1ccc2c(c1)O/C(=C\c1cc[n+](Cc3ccc(C)cc3)cc1)C2=O. The number of fused-ring (bicyclic) bond motifs is 1. The second-order valence-electron chi connectivity index (χ2n) is 6.59. The van der Waals surface area contributed by atoms with Gasteiger partial charge in [0.05, 0.1) is 12.7 Å². The normalized spacial score (nSPS) is 14.1. The van der Waals surface area contributed by atoms with Crippen molar-refractivity contribution in [2.24, 2.45) is 0 Å². The zero-order chi connectivity index (χ0) is 18.8. The van der Waals surface area contributed by atoms with E-state index in [0.29, 0.717) is 22.8 Å². The number of allylic oxidation sites excluding steroid dienone is 1. The number of ketones is 1. The predicted octanol–water partition coefficient (Wildman–Crippen LogP) is 3.96. The van der Waals surface area contributed by atoms with Crippen molar-refractivity contribution in [1.29, 1.82) is 0 Å². The molecule has 1 aliphatic heterocycles. The van der Waals surface area contributed by atoms with Crippen LogP contribution >= 0.6 is 0 Å². The van der Waals surface area contributed by atoms with Crippen LogP contribution in [0, 0.1) is 6.92 Å². The van der Waals surface area contributed by atoms with Gasteiger partial charge in [0.2, 0.25) is 5.78 Å². The maximum absolute atomic E-state index is 12.5. The highest BCUT2D eigenvalue weighted by atomic mass is 16.5. The highest BCUT2D eigenvalue weighted by Gasteiger charge is 2.27. The zero-order valence-corrected chi connectivity index (χ0v) is 15.3. The second kappa shape index (κ2) is 7.08. The van der Waals surface area contributed by atoms with E-state index in [9.17, 15) is 4.79 Å². The van der Waals surface area contributed by atoms with E-state index in [0.717, 1.165) is 12.1 Å². The molecule has 4 rings (SSSR count). The van der Waals surface area contributed by atoms with Crippen molar-refractivity contribution >= 4 is 11.9 Å². The Morgan fingerprint density at radius 3 is 2.48 bits per heavy atom. The first-order valence-electron chi connectivity index (χ1n) is 8.79. The van der Waals surface area contributed by atoms with E-state index >= 15 is 0 Å². The van der Waals surface area contributed by atoms with Crippen LogP contribution in [0.15, 0.2) is 72.8 Å². The number of carbonyl (C=O) groups is 1. The fourth-order valence-electron chi connectivity index (χ4n) is 3.02. The van der Waals surface area contributed by atoms with Crippen molar-refractivity contribution in [3.8, 4) is 11.5 Å². The number of methoxy groups -OCH3 is 1. The van der Waals surface area contributed by atoms with Gasteiger partial charge in [0.15, 0.2) is 24.7 Å². The average molecular weight is 358 g/mol. The number of hydrogen-bond acceptors (Lipinski definition) is 3. The summed E-state index contributed by atoms with van der Waals surface area (Å²) in [4.78, 5) is 12.5. The molecule has 0 atom stereocenters. The Hall–Kier alpha value is -3.40. The van der Waals surface area contributed by atoms with Crippen LogP contribution in [0.3, 0.4) is 0 Å². The maximum Gasteiger partial charge on any atom is 0.231 e. The van der Waals surface area contributed by atoms with E-state index in [1.165, 1.54) is 11.1 Å². The third-order valence-electron chi connectivity index (χ3n) is 4.58. The van der Waals surface area contributed by atoms with Gasteiger partial charge in [-0.05, 0) is 30.7 Å². The molecule has 4 heteroatoms. The van der Waals surface area contributed by atoms with Gasteiger partial charge in [-0.3, -0.25) is 4.79 Å². The van der Waals surface area contributed by atoms with Crippen LogP contribution < -0.4 is 14.0 Å². The minimum absolute atomic E-state index is 0.107. The molecule has 4 nitrogen and oxygen atoms in total. The lowest BCUT2D eigenvalue weighted by molar-refractivity contribution is -0.688. The van der Waals surface area contributed by atoms with Crippen LogP contribution in [0.4, 0.5) is 0 Å². The Morgan fingerprint density at radius 1 is 1.04 bits per heavy atom. The highest BCUT2D eigenvalue weighted by molar-refractivity contribution is 6.14. The van der Waals surface area contributed by atoms with E-state index in [1.807, 2.05) is 24.5 Å². The lowest BCUT2D eigenvalue weighted by atomic mass is 10.1. The molecule has 0 radical (unpaired) electrons. The molecule has 134 valence electrons. The summed E-state index contributed by atoms with van der Waals surface area (Å²) in [7, 11) is 1.59. The molecule has 0 saturated heterocycles. The number of Topliss-reactive ketones (excluding diaryl/α,β-unsaturated/α-hetero) is 1. The van der Waals surface area contributed by atoms with Crippen LogP contribution in [-0.4, -0.2) is 12.9 Å². The number of aromatic nitrogens is 1. The molecule has 0 unspecified atom stereocenters. The van der Waals surface area contributed by atoms with Crippen LogP contribution in [0.5, 0.6) is 11.5 Å². The number of hydrogen-bond donors (Lipinski definition) is 0. The quantitative estimate of drug-likeness (QED) is 0.524. The number of nitrogens with zero attached hydrogens (tertiary/aromatic N) is 1. The average Bonchev–Trinajstić information content (AvgIpc) is 3.00. The maximum atomic E-state index is 12.5. The number of benzene rings is 2. The van der Waals surface area contributed by atoms with Crippen molar-refractivity contribution in [3.05, 3.63) is 95.0 Å². The molecule has 1 aliphatic rings. The third-order valence-corrected chi connectivity index (χ3v) is 4.58. The van der Waals surface area contributed by atoms with Crippen LogP contribution in [0.25, 0.3) is 6.08 Å². The number of ether oxygens (including phenoxy) is 2. The molecular weight excluding hydrogens is 338 g/mol. The van der Waals surface area contributed by atoms with Gasteiger partial charge in [-0.15, -0.1) is 0 Å². The first kappa shape index (κ1) is 17.0. The molecule has 0 spiro atoms. The van der Waals surface area contributed by atoms with Gasteiger partial charge in [-0.25, -0.2) is 4.57 Å². The second-order valence-corrected chi connectivity index (χ2v) is 6.59. The summed E-state index contributed by atoms with van der Waals surface area (Å²) in [6, 6.07) is 17.7. The van der Waals surface area contributed by atoms with Crippen molar-refractivity contribution < 1.29 is 18.8 Å². The van der Waals surface area contributed by atoms with Gasteiger partial charge in [-0.1, -0.05) is 29.8 Å². The fraction of sp³-hybridized carbons (Fsp3) is 0.130. The fourth-order valence-corrected chi connectivity index (χ4v) is 3.02. The van der Waals surface area contributed by atoms with E-state index in [4.69, 9.17) is 9.47 Å². The van der Waals surface area contributed by atoms with E-state index in [1.54, 1.807) is 31.4 Å². The van der Waals surface area contributed by atoms with E-state index in [2.05, 4.69) is 35.8 Å². The first-order valence-corrected chi connectivity index (χ1v) is 8.79. The lowest BCUT2D eigenvalue weighted by Gasteiger charge is -2.01. The molecule has 3 aromatic rings. The third kappa shape index (κ3) is 3.60. The topological polar surface area (TPSA) is 39.4 Å². The first-order chi connectivity index (χ1) is 13.1. The van der Waals surface area contributed by atoms with Crippen molar-refractivity contribution in [2.75, 3.05) is 7.11 Å². The summed E-state index contributed by atoms with van der Waals surface area (Å²) >= 11 is 0. The summed E-state index contributed by atoms with van der Waals surface area (Å²) in [6.45, 7) is 2.89. The van der Waals surface area contributed by atoms with Gasteiger partial charge >= 0.3 is 0 Å². The Bertz CT molecular complexity index is 1020. The van der Waals surface area contributed by atoms with Gasteiger partial charge in [0.1, 0.15) is 11.5 Å². The Labute approximate surface area is 158 Å². The summed E-state index contributed by atoms with van der Waals surface area (Å²) in [6.07, 6.45) is 5.77. The van der Waals surface area contributed by atoms with Gasteiger partial charge in [0.25, 0.3) is 0 Å². The van der Waals surface area contributed by atoms with E-state index in [-0.39, 0.29) is 5.78 Å². The van der Waals surface area contributed by atoms with Crippen molar-refractivity contribution in [1.82, 2.24) is 0 Å². The van der Waals surface area contributed by atoms with Crippen LogP contribution in [-0.2, 0) is 6.54 Å². The predicted molar refractivity (Wildman–Crippen MR) is 103 cm³/mol. The Kier molecular flexibility index (Phi) is 4.47. The van der Waals surface area contributed by atoms with Crippen molar-refractivity contribution in [2.45, 2.75) is 13.5 Å². The molecule has 2 aromatic carbocycles. The molecule has 0 saturated carbocycles.